The van der Waals surface area contributed by atoms with Gasteiger partial charge in [-0.3, -0.25) is 14.6 Å². The van der Waals surface area contributed by atoms with Gasteiger partial charge in [0, 0.05) is 18.4 Å². The highest BCUT2D eigenvalue weighted by molar-refractivity contribution is 5.96. The van der Waals surface area contributed by atoms with Crippen LogP contribution in [0.15, 0.2) is 18.6 Å². The van der Waals surface area contributed by atoms with Gasteiger partial charge in [-0.15, -0.1) is 0 Å². The number of nitrogens with zero attached hydrogens (tertiary/aromatic N) is 2. The van der Waals surface area contributed by atoms with Gasteiger partial charge in [-0.1, -0.05) is 53.9 Å². The van der Waals surface area contributed by atoms with E-state index in [1.54, 1.807) is 0 Å². The Bertz CT molecular complexity index is 578. The number of hydrogen-bond donors (Lipinski definition) is 2. The van der Waals surface area contributed by atoms with Crippen molar-refractivity contribution in [2.75, 3.05) is 0 Å². The van der Waals surface area contributed by atoms with Gasteiger partial charge < -0.3 is 10.6 Å². The van der Waals surface area contributed by atoms with Gasteiger partial charge in [-0.2, -0.15) is 0 Å². The fraction of sp³-hybridized carbons (Fsp3) is 0.714. The molecule has 0 spiro atoms. The van der Waals surface area contributed by atoms with E-state index in [-0.39, 0.29) is 34.9 Å². The predicted octanol–water partition coefficient (Wildman–Crippen LogP) is 3.73. The third-order valence-corrected chi connectivity index (χ3v) is 5.14. The van der Waals surface area contributed by atoms with E-state index < -0.39 is 6.04 Å². The molecule has 6 heteroatoms. The van der Waals surface area contributed by atoms with Crippen molar-refractivity contribution < 1.29 is 9.59 Å². The van der Waals surface area contributed by atoms with E-state index in [0.717, 1.165) is 25.7 Å². The van der Waals surface area contributed by atoms with Crippen molar-refractivity contribution in [1.29, 1.82) is 0 Å². The van der Waals surface area contributed by atoms with E-state index in [0.29, 0.717) is 0 Å². The van der Waals surface area contributed by atoms with Crippen LogP contribution in [0.2, 0.25) is 0 Å². The molecule has 1 aromatic heterocycles. The molecule has 152 valence electrons. The topological polar surface area (TPSA) is 84.0 Å². The Morgan fingerprint density at radius 3 is 2.22 bits per heavy atom. The molecule has 1 aliphatic carbocycles. The fourth-order valence-corrected chi connectivity index (χ4v) is 3.02. The molecular weight excluding hydrogens is 340 g/mol. The van der Waals surface area contributed by atoms with Crippen molar-refractivity contribution >= 4 is 11.8 Å². The highest BCUT2D eigenvalue weighted by atomic mass is 16.2. The molecule has 0 saturated heterocycles. The van der Waals surface area contributed by atoms with Crippen LogP contribution in [0.3, 0.4) is 0 Å². The smallest absolute Gasteiger partial charge is 0.272 e. The van der Waals surface area contributed by atoms with Crippen molar-refractivity contribution in [3.63, 3.8) is 0 Å². The van der Waals surface area contributed by atoms with Crippen molar-refractivity contribution in [2.24, 2.45) is 11.3 Å². The molecule has 0 aromatic carbocycles. The van der Waals surface area contributed by atoms with E-state index >= 15 is 0 Å². The highest BCUT2D eigenvalue weighted by Crippen LogP contribution is 2.27. The predicted molar refractivity (Wildman–Crippen MR) is 108 cm³/mol. The van der Waals surface area contributed by atoms with Gasteiger partial charge in [0.05, 0.1) is 6.20 Å². The van der Waals surface area contributed by atoms with Gasteiger partial charge >= 0.3 is 0 Å². The molecular formula is C21H36N4O2. The molecule has 1 fully saturated rings. The van der Waals surface area contributed by atoms with Crippen LogP contribution >= 0.6 is 0 Å². The van der Waals surface area contributed by atoms with Crippen LogP contribution in [0.1, 0.15) is 84.1 Å². The summed E-state index contributed by atoms with van der Waals surface area (Å²) in [5.41, 5.74) is 0.196. The molecule has 1 aromatic rings. The SMILES string of the molecule is CC.CC(NC(=O)[C@@H](NC(=O)c1cnccn1)C1CCCCC1)C(C)(C)C. The van der Waals surface area contributed by atoms with E-state index in [1.807, 2.05) is 20.8 Å². The lowest BCUT2D eigenvalue weighted by Gasteiger charge is -2.33. The zero-order valence-corrected chi connectivity index (χ0v) is 17.7. The molecule has 27 heavy (non-hydrogen) atoms. The first-order valence-corrected chi connectivity index (χ1v) is 10.2. The summed E-state index contributed by atoms with van der Waals surface area (Å²) in [5, 5.41) is 5.99. The maximum absolute atomic E-state index is 12.9. The largest absolute Gasteiger partial charge is 0.351 e. The normalized spacial score (nSPS) is 17.1. The van der Waals surface area contributed by atoms with Crippen LogP contribution in [0, 0.1) is 11.3 Å². The number of rotatable bonds is 5. The van der Waals surface area contributed by atoms with E-state index in [9.17, 15) is 9.59 Å². The number of nitrogens with one attached hydrogen (secondary N) is 2. The van der Waals surface area contributed by atoms with Gasteiger partial charge in [0.15, 0.2) is 0 Å². The Morgan fingerprint density at radius 1 is 1.07 bits per heavy atom. The minimum Gasteiger partial charge on any atom is -0.351 e. The first-order valence-electron chi connectivity index (χ1n) is 10.2. The summed E-state index contributed by atoms with van der Waals surface area (Å²) in [5.74, 6) is -0.282. The summed E-state index contributed by atoms with van der Waals surface area (Å²) in [4.78, 5) is 33.4. The quantitative estimate of drug-likeness (QED) is 0.820. The summed E-state index contributed by atoms with van der Waals surface area (Å²) in [7, 11) is 0. The summed E-state index contributed by atoms with van der Waals surface area (Å²) in [6, 6.07) is -0.515. The number of hydrogen-bond acceptors (Lipinski definition) is 4. The zero-order valence-electron chi connectivity index (χ0n) is 17.7. The Morgan fingerprint density at radius 2 is 1.70 bits per heavy atom. The van der Waals surface area contributed by atoms with Crippen LogP contribution < -0.4 is 10.6 Å². The fourth-order valence-electron chi connectivity index (χ4n) is 3.02. The Hall–Kier alpha value is -1.98. The Labute approximate surface area is 163 Å². The molecule has 1 saturated carbocycles. The monoisotopic (exact) mass is 376 g/mol. The number of carbonyl (C=O) groups is 2. The first-order chi connectivity index (χ1) is 12.8. The second kappa shape index (κ2) is 11.0. The summed E-state index contributed by atoms with van der Waals surface area (Å²) in [6.45, 7) is 12.3. The van der Waals surface area contributed by atoms with Gasteiger partial charge in [0.2, 0.25) is 5.91 Å². The molecule has 2 amide bonds. The summed E-state index contributed by atoms with van der Waals surface area (Å²) >= 11 is 0. The van der Waals surface area contributed by atoms with Gasteiger partial charge in [-0.05, 0) is 31.1 Å². The van der Waals surface area contributed by atoms with Crippen LogP contribution in [0.4, 0.5) is 0 Å². The third kappa shape index (κ3) is 7.27. The van der Waals surface area contributed by atoms with Crippen LogP contribution in [0.25, 0.3) is 0 Å². The molecule has 2 N–H and O–H groups in total. The average Bonchev–Trinajstić information content (AvgIpc) is 2.68. The highest BCUT2D eigenvalue weighted by Gasteiger charge is 2.33. The Balaban J connectivity index is 0.00000176. The molecule has 0 radical (unpaired) electrons. The van der Waals surface area contributed by atoms with Crippen molar-refractivity contribution in [3.05, 3.63) is 24.3 Å². The summed E-state index contributed by atoms with van der Waals surface area (Å²) < 4.78 is 0. The molecule has 2 atom stereocenters. The average molecular weight is 377 g/mol. The lowest BCUT2D eigenvalue weighted by atomic mass is 9.82. The van der Waals surface area contributed by atoms with Crippen LogP contribution in [-0.2, 0) is 4.79 Å². The van der Waals surface area contributed by atoms with Crippen molar-refractivity contribution in [3.8, 4) is 0 Å². The summed E-state index contributed by atoms with van der Waals surface area (Å²) in [6.07, 6.45) is 9.74. The van der Waals surface area contributed by atoms with Crippen LogP contribution in [-0.4, -0.2) is 33.9 Å². The molecule has 2 rings (SSSR count). The van der Waals surface area contributed by atoms with E-state index in [4.69, 9.17) is 0 Å². The second-order valence-corrected chi connectivity index (χ2v) is 8.04. The molecule has 1 heterocycles. The standard InChI is InChI=1S/C19H30N4O2.C2H6/c1-13(19(2,3)4)22-18(25)16(14-8-6-5-7-9-14)23-17(24)15-12-20-10-11-21-15;1-2/h10-14,16H,5-9H2,1-4H3,(H,22,25)(H,23,24);1-2H3/t13?,16-;/m0./s1. The molecule has 0 bridgehead atoms. The van der Waals surface area contributed by atoms with Crippen molar-refractivity contribution in [1.82, 2.24) is 20.6 Å². The van der Waals surface area contributed by atoms with E-state index in [2.05, 4.69) is 41.4 Å². The lowest BCUT2D eigenvalue weighted by Crippen LogP contribution is -2.55. The first kappa shape index (κ1) is 23.1. The number of amides is 2. The molecule has 6 nitrogen and oxygen atoms in total. The van der Waals surface area contributed by atoms with Gasteiger partial charge in [-0.25, -0.2) is 4.98 Å². The Kier molecular flexibility index (Phi) is 9.39. The maximum atomic E-state index is 12.9. The minimum atomic E-state index is -0.528. The van der Waals surface area contributed by atoms with E-state index in [1.165, 1.54) is 25.0 Å². The molecule has 1 aliphatic rings. The van der Waals surface area contributed by atoms with Crippen LogP contribution in [0.5, 0.6) is 0 Å². The van der Waals surface area contributed by atoms with Crippen molar-refractivity contribution in [2.45, 2.75) is 85.7 Å². The number of aromatic nitrogens is 2. The number of carbonyl (C=O) groups excluding carboxylic acids is 2. The molecule has 0 aliphatic heterocycles. The lowest BCUT2D eigenvalue weighted by molar-refractivity contribution is -0.125. The third-order valence-electron chi connectivity index (χ3n) is 5.14. The maximum Gasteiger partial charge on any atom is 0.272 e. The van der Waals surface area contributed by atoms with Gasteiger partial charge in [0.1, 0.15) is 11.7 Å². The zero-order chi connectivity index (χ0) is 20.4. The van der Waals surface area contributed by atoms with Gasteiger partial charge in [0.25, 0.3) is 5.91 Å². The molecule has 1 unspecified atom stereocenters. The second-order valence-electron chi connectivity index (χ2n) is 8.04. The minimum absolute atomic E-state index is 0.0134.